The summed E-state index contributed by atoms with van der Waals surface area (Å²) >= 11 is 12.1. The fraction of sp³-hybridized carbons (Fsp3) is 0.348. The molecule has 1 saturated heterocycles. The molecule has 3 nitrogen and oxygen atoms in total. The van der Waals surface area contributed by atoms with Gasteiger partial charge in [-0.05, 0) is 74.3 Å². The van der Waals surface area contributed by atoms with Crippen LogP contribution in [-0.4, -0.2) is 37.0 Å². The summed E-state index contributed by atoms with van der Waals surface area (Å²) in [5.74, 6) is -0.0186. The molecule has 148 valence electrons. The molecule has 0 aliphatic carbocycles. The first-order chi connectivity index (χ1) is 13.6. The van der Waals surface area contributed by atoms with Gasteiger partial charge in [-0.3, -0.25) is 4.79 Å². The predicted molar refractivity (Wildman–Crippen MR) is 119 cm³/mol. The predicted octanol–water partition coefficient (Wildman–Crippen LogP) is 5.77. The maximum atomic E-state index is 12.3. The molecule has 2 aromatic carbocycles. The molecule has 1 amide bonds. The molecule has 2 aromatic rings. The lowest BCUT2D eigenvalue weighted by molar-refractivity contribution is 0.0951. The van der Waals surface area contributed by atoms with Crippen LogP contribution in [0.5, 0.6) is 0 Å². The number of benzene rings is 2. The lowest BCUT2D eigenvalue weighted by atomic mass is 10.1. The largest absolute Gasteiger partial charge is 0.352 e. The van der Waals surface area contributed by atoms with E-state index in [-0.39, 0.29) is 5.91 Å². The average Bonchev–Trinajstić information content (AvgIpc) is 2.71. The zero-order chi connectivity index (χ0) is 19.8. The summed E-state index contributed by atoms with van der Waals surface area (Å²) in [5.41, 5.74) is 2.59. The molecular weight excluding hydrogens is 391 g/mol. The van der Waals surface area contributed by atoms with E-state index in [1.54, 1.807) is 6.07 Å². The highest BCUT2D eigenvalue weighted by Gasteiger charge is 2.10. The Kier molecular flexibility index (Phi) is 7.96. The molecule has 0 spiro atoms. The van der Waals surface area contributed by atoms with Gasteiger partial charge >= 0.3 is 0 Å². The summed E-state index contributed by atoms with van der Waals surface area (Å²) in [4.78, 5) is 14.8. The van der Waals surface area contributed by atoms with Crippen molar-refractivity contribution in [3.8, 4) is 0 Å². The lowest BCUT2D eigenvalue weighted by Gasteiger charge is -2.26. The van der Waals surface area contributed by atoms with Crippen LogP contribution < -0.4 is 5.32 Å². The van der Waals surface area contributed by atoms with E-state index in [9.17, 15) is 4.79 Å². The molecule has 1 heterocycles. The number of hydrogen-bond donors (Lipinski definition) is 1. The van der Waals surface area contributed by atoms with Crippen molar-refractivity contribution in [1.29, 1.82) is 0 Å². The number of hydrogen-bond acceptors (Lipinski definition) is 2. The Labute approximate surface area is 177 Å². The van der Waals surface area contributed by atoms with Crippen LogP contribution in [0.3, 0.4) is 0 Å². The van der Waals surface area contributed by atoms with Gasteiger partial charge in [0, 0.05) is 22.2 Å². The third kappa shape index (κ3) is 6.37. The lowest BCUT2D eigenvalue weighted by Crippen LogP contribution is -2.33. The van der Waals surface area contributed by atoms with Crippen molar-refractivity contribution >= 4 is 41.3 Å². The first-order valence-electron chi connectivity index (χ1n) is 9.85. The molecule has 0 radical (unpaired) electrons. The first-order valence-corrected chi connectivity index (χ1v) is 10.6. The van der Waals surface area contributed by atoms with Gasteiger partial charge in [0.2, 0.25) is 0 Å². The molecular formula is C23H26Cl2N2O. The molecule has 0 saturated carbocycles. The van der Waals surface area contributed by atoms with Gasteiger partial charge in [-0.15, -0.1) is 0 Å². The van der Waals surface area contributed by atoms with Crippen molar-refractivity contribution in [2.45, 2.75) is 25.7 Å². The van der Waals surface area contributed by atoms with Crippen molar-refractivity contribution in [3.63, 3.8) is 0 Å². The smallest absolute Gasteiger partial charge is 0.251 e. The molecule has 0 aromatic heterocycles. The molecule has 0 bridgehead atoms. The minimum atomic E-state index is -0.0186. The van der Waals surface area contributed by atoms with Crippen LogP contribution in [-0.2, 0) is 0 Å². The normalized spacial score (nSPS) is 15.1. The maximum absolute atomic E-state index is 12.3. The summed E-state index contributed by atoms with van der Waals surface area (Å²) in [6.45, 7) is 4.18. The van der Waals surface area contributed by atoms with Gasteiger partial charge in [0.25, 0.3) is 5.91 Å². The van der Waals surface area contributed by atoms with Gasteiger partial charge < -0.3 is 10.2 Å². The highest BCUT2D eigenvalue weighted by Crippen LogP contribution is 2.23. The first kappa shape index (κ1) is 20.9. The highest BCUT2D eigenvalue weighted by atomic mass is 35.5. The number of likely N-dealkylation sites (tertiary alicyclic amines) is 1. The van der Waals surface area contributed by atoms with Gasteiger partial charge in [-0.2, -0.15) is 0 Å². The van der Waals surface area contributed by atoms with E-state index in [1.165, 1.54) is 32.4 Å². The summed E-state index contributed by atoms with van der Waals surface area (Å²) < 4.78 is 0. The number of piperidine rings is 1. The van der Waals surface area contributed by atoms with E-state index in [4.69, 9.17) is 23.2 Å². The quantitative estimate of drug-likeness (QED) is 0.458. The van der Waals surface area contributed by atoms with Crippen LogP contribution in [0.15, 0.2) is 42.5 Å². The molecule has 1 aliphatic heterocycles. The van der Waals surface area contributed by atoms with Gasteiger partial charge in [0.15, 0.2) is 0 Å². The van der Waals surface area contributed by atoms with Gasteiger partial charge in [-0.25, -0.2) is 0 Å². The van der Waals surface area contributed by atoms with E-state index in [0.29, 0.717) is 22.2 Å². The van der Waals surface area contributed by atoms with Gasteiger partial charge in [-0.1, -0.05) is 60.0 Å². The second kappa shape index (κ2) is 10.7. The van der Waals surface area contributed by atoms with E-state index in [1.807, 2.05) is 48.6 Å². The number of nitrogens with one attached hydrogen (secondary N) is 1. The third-order valence-electron chi connectivity index (χ3n) is 4.98. The van der Waals surface area contributed by atoms with Crippen molar-refractivity contribution in [3.05, 3.63) is 69.2 Å². The van der Waals surface area contributed by atoms with Crippen LogP contribution in [0.4, 0.5) is 0 Å². The molecule has 5 heteroatoms. The Morgan fingerprint density at radius 1 is 1.00 bits per heavy atom. The molecule has 0 atom stereocenters. The summed E-state index contributed by atoms with van der Waals surface area (Å²) in [6.07, 6.45) is 8.86. The molecule has 28 heavy (non-hydrogen) atoms. The number of halogens is 2. The molecule has 3 rings (SSSR count). The van der Waals surface area contributed by atoms with Crippen LogP contribution in [0.1, 0.15) is 47.2 Å². The van der Waals surface area contributed by atoms with Crippen LogP contribution >= 0.6 is 23.2 Å². The monoisotopic (exact) mass is 416 g/mol. The Bertz CT molecular complexity index is 812. The Morgan fingerprint density at radius 2 is 1.75 bits per heavy atom. The van der Waals surface area contributed by atoms with Gasteiger partial charge in [0.05, 0.1) is 0 Å². The van der Waals surface area contributed by atoms with E-state index in [2.05, 4.69) is 10.2 Å². The molecule has 1 fully saturated rings. The molecule has 1 N–H and O–H groups in total. The SMILES string of the molecule is O=C(NCCCN1CCCCC1)c1ccc(/C=C/c2ccc(Cl)cc2Cl)cc1. The van der Waals surface area contributed by atoms with Crippen LogP contribution in [0.25, 0.3) is 12.2 Å². The second-order valence-corrected chi connectivity index (χ2v) is 7.98. The van der Waals surface area contributed by atoms with E-state index >= 15 is 0 Å². The maximum Gasteiger partial charge on any atom is 0.251 e. The van der Waals surface area contributed by atoms with Gasteiger partial charge in [0.1, 0.15) is 0 Å². The second-order valence-electron chi connectivity index (χ2n) is 7.13. The Balaban J connectivity index is 1.46. The van der Waals surface area contributed by atoms with E-state index in [0.717, 1.165) is 24.1 Å². The fourth-order valence-corrected chi connectivity index (χ4v) is 3.83. The average molecular weight is 417 g/mol. The van der Waals surface area contributed by atoms with Crippen LogP contribution in [0.2, 0.25) is 10.0 Å². The number of carbonyl (C=O) groups is 1. The van der Waals surface area contributed by atoms with Crippen LogP contribution in [0, 0.1) is 0 Å². The molecule has 0 unspecified atom stereocenters. The zero-order valence-corrected chi connectivity index (χ0v) is 17.5. The summed E-state index contributed by atoms with van der Waals surface area (Å²) in [6, 6.07) is 13.0. The fourth-order valence-electron chi connectivity index (χ4n) is 3.36. The number of carbonyl (C=O) groups excluding carboxylic acids is 1. The topological polar surface area (TPSA) is 32.3 Å². The number of amides is 1. The summed E-state index contributed by atoms with van der Waals surface area (Å²) in [7, 11) is 0. The highest BCUT2D eigenvalue weighted by molar-refractivity contribution is 6.35. The van der Waals surface area contributed by atoms with Crippen molar-refractivity contribution < 1.29 is 4.79 Å². The van der Waals surface area contributed by atoms with Crippen molar-refractivity contribution in [2.75, 3.05) is 26.2 Å². The number of rotatable bonds is 7. The minimum absolute atomic E-state index is 0.0186. The standard InChI is InChI=1S/C23H26Cl2N2O/c24-21-12-11-19(22(25)17-21)8-5-18-6-9-20(10-7-18)23(28)26-13-4-16-27-14-2-1-3-15-27/h5-12,17H,1-4,13-16H2,(H,26,28)/b8-5+. The Hall–Kier alpha value is -1.81. The summed E-state index contributed by atoms with van der Waals surface area (Å²) in [5, 5.41) is 4.25. The van der Waals surface area contributed by atoms with Crippen molar-refractivity contribution in [1.82, 2.24) is 10.2 Å². The number of nitrogens with zero attached hydrogens (tertiary/aromatic N) is 1. The third-order valence-corrected chi connectivity index (χ3v) is 5.54. The van der Waals surface area contributed by atoms with E-state index < -0.39 is 0 Å². The molecule has 1 aliphatic rings. The van der Waals surface area contributed by atoms with Crippen molar-refractivity contribution in [2.24, 2.45) is 0 Å². The minimum Gasteiger partial charge on any atom is -0.352 e. The zero-order valence-electron chi connectivity index (χ0n) is 16.0. The Morgan fingerprint density at radius 3 is 2.46 bits per heavy atom.